The highest BCUT2D eigenvalue weighted by atomic mass is 32.2. The highest BCUT2D eigenvalue weighted by Gasteiger charge is 2.26. The van der Waals surface area contributed by atoms with Crippen molar-refractivity contribution in [2.24, 2.45) is 0 Å². The Kier molecular flexibility index (Phi) is 14.9. The van der Waals surface area contributed by atoms with Crippen molar-refractivity contribution in [2.75, 3.05) is 42.6 Å². The third-order valence-corrected chi connectivity index (χ3v) is 12.5. The van der Waals surface area contributed by atoms with E-state index in [1.54, 1.807) is 23.1 Å². The van der Waals surface area contributed by atoms with E-state index in [1.807, 2.05) is 31.2 Å². The Morgan fingerprint density at radius 1 is 0.902 bits per heavy atom. The van der Waals surface area contributed by atoms with E-state index in [1.165, 1.54) is 19.6 Å². The fraction of sp³-hybridized carbons (Fsp3) is 0.395. The van der Waals surface area contributed by atoms with Crippen LogP contribution in [0, 0.1) is 6.92 Å². The molecule has 1 aliphatic rings. The highest BCUT2D eigenvalue weighted by molar-refractivity contribution is 8.03. The van der Waals surface area contributed by atoms with Gasteiger partial charge in [-0.3, -0.25) is 4.55 Å². The van der Waals surface area contributed by atoms with Crippen LogP contribution in [0.5, 0.6) is 0 Å². The SMILES string of the molecule is CCC(=C/c1sc2ccc(-c3ccccc3)cc2[n+]1CCCS(=O)(=O)O)/C=C1\Sc2ccc(C)cc2N1CCCS(=O)(=O)[O-].CCN(CC)CC. The van der Waals surface area contributed by atoms with E-state index >= 15 is 0 Å². The average molecular weight is 772 g/mol. The van der Waals surface area contributed by atoms with Gasteiger partial charge in [0.1, 0.15) is 4.70 Å². The predicted octanol–water partition coefficient (Wildman–Crippen LogP) is 7.97. The molecule has 0 bridgehead atoms. The molecule has 0 aliphatic carbocycles. The topological polar surface area (TPSA) is 122 Å². The van der Waals surface area contributed by atoms with E-state index in [2.05, 4.69) is 96.7 Å². The van der Waals surface area contributed by atoms with Gasteiger partial charge in [0.25, 0.3) is 15.1 Å². The molecule has 0 amide bonds. The minimum atomic E-state index is -4.31. The lowest BCUT2D eigenvalue weighted by atomic mass is 10.1. The van der Waals surface area contributed by atoms with Gasteiger partial charge in [-0.2, -0.15) is 13.0 Å². The molecule has 0 saturated carbocycles. The Bertz CT molecular complexity index is 2050. The van der Waals surface area contributed by atoms with E-state index in [0.717, 1.165) is 59.5 Å². The molecule has 13 heteroatoms. The lowest BCUT2D eigenvalue weighted by molar-refractivity contribution is -0.668. The molecule has 0 fully saturated rings. The van der Waals surface area contributed by atoms with E-state index < -0.39 is 26.0 Å². The molecule has 4 aromatic rings. The van der Waals surface area contributed by atoms with Crippen LogP contribution in [0.1, 0.15) is 57.5 Å². The largest absolute Gasteiger partial charge is 0.748 e. The molecule has 0 unspecified atom stereocenters. The minimum absolute atomic E-state index is 0.218. The Morgan fingerprint density at radius 2 is 1.61 bits per heavy atom. The number of hydrogen-bond acceptors (Lipinski definition) is 9. The summed E-state index contributed by atoms with van der Waals surface area (Å²) in [6.07, 6.45) is 5.42. The second kappa shape index (κ2) is 18.6. The molecular formula is C38H49N3O6S4. The smallest absolute Gasteiger partial charge is 0.265 e. The van der Waals surface area contributed by atoms with Gasteiger partial charge in [-0.1, -0.05) is 93.3 Å². The van der Waals surface area contributed by atoms with Gasteiger partial charge in [0.15, 0.2) is 6.54 Å². The van der Waals surface area contributed by atoms with Crippen LogP contribution in [0.4, 0.5) is 5.69 Å². The van der Waals surface area contributed by atoms with Crippen LogP contribution >= 0.6 is 23.1 Å². The number of allylic oxidation sites excluding steroid dienone is 2. The van der Waals surface area contributed by atoms with Gasteiger partial charge in [-0.05, 0) is 85.9 Å². The summed E-state index contributed by atoms with van der Waals surface area (Å²) >= 11 is 3.23. The number of benzene rings is 3. The number of thiazole rings is 1. The van der Waals surface area contributed by atoms with Crippen LogP contribution < -0.4 is 9.47 Å². The van der Waals surface area contributed by atoms with Gasteiger partial charge in [-0.25, -0.2) is 8.42 Å². The van der Waals surface area contributed by atoms with E-state index in [-0.39, 0.29) is 18.6 Å². The Balaban J connectivity index is 0.000000755. The molecule has 0 spiro atoms. The van der Waals surface area contributed by atoms with Crippen molar-refractivity contribution in [3.8, 4) is 11.1 Å². The first kappa shape index (κ1) is 40.7. The van der Waals surface area contributed by atoms with Crippen molar-refractivity contribution in [1.82, 2.24) is 4.90 Å². The zero-order chi connectivity index (χ0) is 37.2. The maximum atomic E-state index is 11.5. The van der Waals surface area contributed by atoms with Crippen molar-refractivity contribution < 1.29 is 30.5 Å². The number of nitrogens with zero attached hydrogens (tertiary/aromatic N) is 3. The zero-order valence-electron chi connectivity index (χ0n) is 30.0. The summed E-state index contributed by atoms with van der Waals surface area (Å²) in [6.45, 7) is 15.0. The Morgan fingerprint density at radius 3 is 2.22 bits per heavy atom. The monoisotopic (exact) mass is 771 g/mol. The van der Waals surface area contributed by atoms with E-state index in [9.17, 15) is 25.9 Å². The molecule has 1 aliphatic heterocycles. The first-order valence-corrected chi connectivity index (χ1v) is 22.2. The van der Waals surface area contributed by atoms with Gasteiger partial charge < -0.3 is 14.4 Å². The Labute approximate surface area is 312 Å². The van der Waals surface area contributed by atoms with Gasteiger partial charge in [0, 0.05) is 35.8 Å². The number of rotatable bonds is 15. The first-order chi connectivity index (χ1) is 24.2. The average Bonchev–Trinajstić information content (AvgIpc) is 3.60. The fourth-order valence-corrected chi connectivity index (χ4v) is 9.10. The molecule has 5 rings (SSSR count). The molecule has 0 saturated heterocycles. The number of fused-ring (bicyclic) bond motifs is 2. The van der Waals surface area contributed by atoms with Gasteiger partial charge in [0.2, 0.25) is 5.52 Å². The Hall–Kier alpha value is -3.04. The lowest BCUT2D eigenvalue weighted by Crippen LogP contribution is -2.36. The summed E-state index contributed by atoms with van der Waals surface area (Å²) in [4.78, 5) is 5.52. The first-order valence-electron chi connectivity index (χ1n) is 17.4. The van der Waals surface area contributed by atoms with Gasteiger partial charge in [-0.15, -0.1) is 0 Å². The van der Waals surface area contributed by atoms with Crippen molar-refractivity contribution >= 4 is 65.3 Å². The number of anilines is 1. The summed E-state index contributed by atoms with van der Waals surface area (Å²) in [6, 6.07) is 22.5. The molecule has 9 nitrogen and oxygen atoms in total. The van der Waals surface area contributed by atoms with E-state index in [4.69, 9.17) is 0 Å². The number of aryl methyl sites for hydroxylation is 2. The van der Waals surface area contributed by atoms with E-state index in [0.29, 0.717) is 13.1 Å². The van der Waals surface area contributed by atoms with Gasteiger partial charge in [0.05, 0.1) is 26.6 Å². The lowest BCUT2D eigenvalue weighted by Gasteiger charge is -2.21. The van der Waals surface area contributed by atoms with Gasteiger partial charge >= 0.3 is 0 Å². The summed E-state index contributed by atoms with van der Waals surface area (Å²) in [5.74, 6) is -0.749. The van der Waals surface area contributed by atoms with Crippen LogP contribution in [0.15, 0.2) is 88.3 Å². The molecule has 3 aromatic carbocycles. The molecule has 276 valence electrons. The van der Waals surface area contributed by atoms with Crippen LogP contribution in [-0.4, -0.2) is 68.5 Å². The molecular weight excluding hydrogens is 723 g/mol. The number of thioether (sulfide) groups is 1. The molecule has 1 aromatic heterocycles. The van der Waals surface area contributed by atoms with Crippen molar-refractivity contribution in [2.45, 2.75) is 65.3 Å². The van der Waals surface area contributed by atoms with Crippen LogP contribution in [0.25, 0.3) is 27.4 Å². The summed E-state index contributed by atoms with van der Waals surface area (Å²) in [5.41, 5.74) is 6.24. The molecule has 0 radical (unpaired) electrons. The van der Waals surface area contributed by atoms with Crippen molar-refractivity contribution in [3.63, 3.8) is 0 Å². The molecule has 51 heavy (non-hydrogen) atoms. The van der Waals surface area contributed by atoms with Crippen molar-refractivity contribution in [3.05, 3.63) is 94.0 Å². The summed E-state index contributed by atoms with van der Waals surface area (Å²) in [5, 5.41) is 1.90. The zero-order valence-corrected chi connectivity index (χ0v) is 33.3. The second-order valence-electron chi connectivity index (χ2n) is 12.3. The molecule has 2 heterocycles. The minimum Gasteiger partial charge on any atom is -0.748 e. The van der Waals surface area contributed by atoms with Crippen molar-refractivity contribution in [1.29, 1.82) is 0 Å². The maximum Gasteiger partial charge on any atom is 0.265 e. The molecule has 0 atom stereocenters. The number of aromatic nitrogens is 1. The maximum absolute atomic E-state index is 11.5. The third-order valence-electron chi connectivity index (χ3n) is 8.65. The van der Waals surface area contributed by atoms with Crippen LogP contribution in [0.2, 0.25) is 0 Å². The van der Waals surface area contributed by atoms with Crippen LogP contribution in [0.3, 0.4) is 0 Å². The highest BCUT2D eigenvalue weighted by Crippen LogP contribution is 2.47. The standard InChI is InChI=1S/C32H34N2O6S4.C6H15N/c1-3-24(20-31-33(15-7-17-43(35,36)37)27-19-23(2)11-13-29(27)41-31)21-32-34(16-8-18-44(38,39)40)28-22-26(12-14-30(28)42-32)25-9-5-4-6-10-25;1-4-7(5-2)6-3/h4-6,9-14,19-22H,3,7-8,15-18H2,1-2H3,(H-,35,36,37,38,39,40);4-6H2,1-3H3. The number of hydrogen-bond donors (Lipinski definition) is 1. The predicted molar refractivity (Wildman–Crippen MR) is 212 cm³/mol. The second-order valence-corrected chi connectivity index (χ2v) is 17.5. The summed E-state index contributed by atoms with van der Waals surface area (Å²) < 4.78 is 69.5. The normalized spacial score (nSPS) is 14.3. The molecule has 1 N–H and O–H groups in total. The summed E-state index contributed by atoms with van der Waals surface area (Å²) in [7, 11) is -8.40. The third kappa shape index (κ3) is 12.0. The van der Waals surface area contributed by atoms with Crippen LogP contribution in [-0.2, 0) is 26.8 Å². The quantitative estimate of drug-likeness (QED) is 0.0948. The fourth-order valence-electron chi connectivity index (χ4n) is 5.84.